The van der Waals surface area contributed by atoms with E-state index in [-0.39, 0.29) is 0 Å². The molecule has 84 valence electrons. The molecule has 0 aliphatic carbocycles. The highest BCUT2D eigenvalue weighted by atomic mass is 127. The van der Waals surface area contributed by atoms with Crippen LogP contribution in [-0.4, -0.2) is 4.83 Å². The van der Waals surface area contributed by atoms with Gasteiger partial charge < -0.3 is 0 Å². The number of hydrogen-bond acceptors (Lipinski definition) is 0. The van der Waals surface area contributed by atoms with Crippen LogP contribution in [0.4, 0.5) is 0 Å². The minimum absolute atomic E-state index is 0.664. The van der Waals surface area contributed by atoms with Crippen LogP contribution in [0.1, 0.15) is 32.3 Å². The molecule has 0 spiro atoms. The highest BCUT2D eigenvalue weighted by molar-refractivity contribution is 14.1. The van der Waals surface area contributed by atoms with Gasteiger partial charge in [-0.25, -0.2) is 0 Å². The summed E-state index contributed by atoms with van der Waals surface area (Å²) in [6.07, 6.45) is 3.68. The van der Waals surface area contributed by atoms with Crippen molar-refractivity contribution in [3.05, 3.63) is 33.4 Å². The van der Waals surface area contributed by atoms with Gasteiger partial charge in [-0.1, -0.05) is 41.9 Å². The van der Waals surface area contributed by atoms with Crippen molar-refractivity contribution >= 4 is 38.5 Å². The summed E-state index contributed by atoms with van der Waals surface area (Å²) in [7, 11) is 0. The molecular formula is C13H18BrI. The van der Waals surface area contributed by atoms with E-state index in [1.165, 1.54) is 28.4 Å². The number of rotatable bonds is 5. The first-order valence-electron chi connectivity index (χ1n) is 5.46. The van der Waals surface area contributed by atoms with Crippen molar-refractivity contribution in [3.8, 4) is 0 Å². The van der Waals surface area contributed by atoms with Gasteiger partial charge in [-0.05, 0) is 65.5 Å². The molecule has 1 rings (SSSR count). The molecule has 0 fully saturated rings. The van der Waals surface area contributed by atoms with Gasteiger partial charge in [0.1, 0.15) is 0 Å². The van der Waals surface area contributed by atoms with Crippen LogP contribution in [0.3, 0.4) is 0 Å². The molecule has 1 atom stereocenters. The highest BCUT2D eigenvalue weighted by Gasteiger charge is 2.06. The van der Waals surface area contributed by atoms with Crippen molar-refractivity contribution in [2.24, 2.45) is 5.92 Å². The van der Waals surface area contributed by atoms with Gasteiger partial charge in [-0.3, -0.25) is 0 Å². The second-order valence-electron chi connectivity index (χ2n) is 4.39. The molecule has 0 nitrogen and oxygen atoms in total. The third kappa shape index (κ3) is 5.91. The van der Waals surface area contributed by atoms with E-state index in [2.05, 4.69) is 76.6 Å². The Labute approximate surface area is 115 Å². The predicted octanol–water partition coefficient (Wildman–Crippen LogP) is 5.03. The first-order chi connectivity index (χ1) is 7.08. The van der Waals surface area contributed by atoms with Crippen molar-refractivity contribution in [1.29, 1.82) is 0 Å². The van der Waals surface area contributed by atoms with Gasteiger partial charge in [0.15, 0.2) is 0 Å². The van der Waals surface area contributed by atoms with Gasteiger partial charge in [-0.2, -0.15) is 0 Å². The van der Waals surface area contributed by atoms with Crippen molar-refractivity contribution in [1.82, 2.24) is 0 Å². The fourth-order valence-electron chi connectivity index (χ4n) is 1.60. The van der Waals surface area contributed by atoms with E-state index >= 15 is 0 Å². The van der Waals surface area contributed by atoms with Crippen LogP contribution < -0.4 is 0 Å². The maximum Gasteiger partial charge on any atom is 0.0151 e. The molecule has 0 radical (unpaired) electrons. The summed E-state index contributed by atoms with van der Waals surface area (Å²) < 4.78 is 1.31. The SMILES string of the molecule is CC(C)CC(Br)CCc1ccc(I)cc1. The number of benzene rings is 1. The Morgan fingerprint density at radius 3 is 2.33 bits per heavy atom. The molecule has 1 aromatic carbocycles. The van der Waals surface area contributed by atoms with E-state index in [0.717, 1.165) is 5.92 Å². The largest absolute Gasteiger partial charge is 0.0890 e. The smallest absolute Gasteiger partial charge is 0.0151 e. The number of hydrogen-bond donors (Lipinski definition) is 0. The average molecular weight is 381 g/mol. The van der Waals surface area contributed by atoms with Gasteiger partial charge in [0.2, 0.25) is 0 Å². The van der Waals surface area contributed by atoms with Crippen molar-refractivity contribution in [2.45, 2.75) is 37.9 Å². The molecule has 0 saturated heterocycles. The minimum atomic E-state index is 0.664. The monoisotopic (exact) mass is 380 g/mol. The summed E-state index contributed by atoms with van der Waals surface area (Å²) >= 11 is 6.09. The lowest BCUT2D eigenvalue weighted by Crippen LogP contribution is -2.04. The Kier molecular flexibility index (Phi) is 6.20. The maximum atomic E-state index is 3.75. The molecule has 0 amide bonds. The Morgan fingerprint density at radius 1 is 1.20 bits per heavy atom. The molecule has 1 aromatic rings. The summed E-state index contributed by atoms with van der Waals surface area (Å²) in [5, 5.41) is 0. The van der Waals surface area contributed by atoms with Gasteiger partial charge in [-0.15, -0.1) is 0 Å². The highest BCUT2D eigenvalue weighted by Crippen LogP contribution is 2.19. The zero-order valence-corrected chi connectivity index (χ0v) is 13.1. The van der Waals surface area contributed by atoms with E-state index in [1.54, 1.807) is 0 Å². The summed E-state index contributed by atoms with van der Waals surface area (Å²) in [6.45, 7) is 4.55. The number of halogens is 2. The molecule has 0 N–H and O–H groups in total. The van der Waals surface area contributed by atoms with Crippen LogP contribution in [0.15, 0.2) is 24.3 Å². The van der Waals surface area contributed by atoms with E-state index in [4.69, 9.17) is 0 Å². The summed E-state index contributed by atoms with van der Waals surface area (Å²) in [4.78, 5) is 0.664. The molecule has 0 aliphatic rings. The second kappa shape index (κ2) is 6.89. The normalized spacial score (nSPS) is 13.1. The van der Waals surface area contributed by atoms with E-state index in [0.29, 0.717) is 4.83 Å². The molecular weight excluding hydrogens is 363 g/mol. The topological polar surface area (TPSA) is 0 Å². The molecule has 0 aromatic heterocycles. The Hall–Kier alpha value is 0.430. The third-order valence-electron chi connectivity index (χ3n) is 2.39. The molecule has 15 heavy (non-hydrogen) atoms. The van der Waals surface area contributed by atoms with E-state index in [9.17, 15) is 0 Å². The van der Waals surface area contributed by atoms with Gasteiger partial charge in [0.05, 0.1) is 0 Å². The van der Waals surface area contributed by atoms with Crippen LogP contribution in [0.5, 0.6) is 0 Å². The molecule has 0 bridgehead atoms. The minimum Gasteiger partial charge on any atom is -0.0890 e. The van der Waals surface area contributed by atoms with Gasteiger partial charge >= 0.3 is 0 Å². The first-order valence-corrected chi connectivity index (χ1v) is 7.46. The number of aryl methyl sites for hydroxylation is 1. The van der Waals surface area contributed by atoms with Crippen LogP contribution >= 0.6 is 38.5 Å². The van der Waals surface area contributed by atoms with Crippen molar-refractivity contribution in [3.63, 3.8) is 0 Å². The van der Waals surface area contributed by atoms with Crippen molar-refractivity contribution in [2.75, 3.05) is 0 Å². The maximum absolute atomic E-state index is 3.75. The summed E-state index contributed by atoms with van der Waals surface area (Å²) in [5.41, 5.74) is 1.45. The predicted molar refractivity (Wildman–Crippen MR) is 79.7 cm³/mol. The fourth-order valence-corrected chi connectivity index (χ4v) is 2.94. The lowest BCUT2D eigenvalue weighted by Gasteiger charge is -2.12. The molecule has 1 unspecified atom stereocenters. The number of alkyl halides is 1. The zero-order valence-electron chi connectivity index (χ0n) is 9.34. The molecule has 0 heterocycles. The molecule has 0 saturated carbocycles. The zero-order chi connectivity index (χ0) is 11.3. The van der Waals surface area contributed by atoms with Gasteiger partial charge in [0.25, 0.3) is 0 Å². The fraction of sp³-hybridized carbons (Fsp3) is 0.538. The first kappa shape index (κ1) is 13.5. The standard InChI is InChI=1S/C13H18BrI/c1-10(2)9-12(14)6-3-11-4-7-13(15)8-5-11/h4-5,7-8,10,12H,3,6,9H2,1-2H3. The van der Waals surface area contributed by atoms with Crippen molar-refractivity contribution < 1.29 is 0 Å². The summed E-state index contributed by atoms with van der Waals surface area (Å²) in [5.74, 6) is 0.783. The Bertz CT molecular complexity index is 279. The van der Waals surface area contributed by atoms with E-state index in [1.807, 2.05) is 0 Å². The lowest BCUT2D eigenvalue weighted by atomic mass is 10.0. The third-order valence-corrected chi connectivity index (χ3v) is 3.94. The second-order valence-corrected chi connectivity index (χ2v) is 6.93. The lowest BCUT2D eigenvalue weighted by molar-refractivity contribution is 0.554. The van der Waals surface area contributed by atoms with Gasteiger partial charge in [0, 0.05) is 8.40 Å². The summed E-state index contributed by atoms with van der Waals surface area (Å²) in [6, 6.07) is 8.83. The molecule has 2 heteroatoms. The molecule has 0 aliphatic heterocycles. The van der Waals surface area contributed by atoms with Crippen LogP contribution in [0.25, 0.3) is 0 Å². The van der Waals surface area contributed by atoms with Crippen LogP contribution in [0.2, 0.25) is 0 Å². The Morgan fingerprint density at radius 2 is 1.80 bits per heavy atom. The average Bonchev–Trinajstić information content (AvgIpc) is 2.16. The van der Waals surface area contributed by atoms with E-state index < -0.39 is 0 Å². The quantitative estimate of drug-likeness (QED) is 0.496. The van der Waals surface area contributed by atoms with Crippen LogP contribution in [-0.2, 0) is 6.42 Å². The van der Waals surface area contributed by atoms with Crippen LogP contribution in [0, 0.1) is 9.49 Å². The Balaban J connectivity index is 2.33.